The lowest BCUT2D eigenvalue weighted by Crippen LogP contribution is -2.35. The monoisotopic (exact) mass is 508 g/mol. The van der Waals surface area contributed by atoms with Crippen LogP contribution in [0.4, 0.5) is 0 Å². The van der Waals surface area contributed by atoms with Gasteiger partial charge in [-0.2, -0.15) is 8.61 Å². The standard InChI is InChI=1S/C26H40N2O4S2/c1-5-7-19-27(33(29,30)25-15-11-23(3)12-16-25)21-9-10-22-28(20-8-6-2)34(31,32)26-17-13-24(4)14-18-26/h11-18H,5-10,19-22H2,1-4H3. The van der Waals surface area contributed by atoms with Gasteiger partial charge in [0.15, 0.2) is 0 Å². The summed E-state index contributed by atoms with van der Waals surface area (Å²) in [6, 6.07) is 13.9. The van der Waals surface area contributed by atoms with Gasteiger partial charge in [0.25, 0.3) is 0 Å². The Morgan fingerprint density at radius 3 is 1.12 bits per heavy atom. The normalized spacial score (nSPS) is 12.5. The largest absolute Gasteiger partial charge is 0.243 e. The molecule has 0 bridgehead atoms. The minimum Gasteiger partial charge on any atom is -0.207 e. The molecule has 0 N–H and O–H groups in total. The van der Waals surface area contributed by atoms with Crippen molar-refractivity contribution in [3.8, 4) is 0 Å². The smallest absolute Gasteiger partial charge is 0.207 e. The van der Waals surface area contributed by atoms with Crippen LogP contribution in [-0.2, 0) is 20.0 Å². The van der Waals surface area contributed by atoms with Crippen molar-refractivity contribution >= 4 is 20.0 Å². The number of unbranched alkanes of at least 4 members (excludes halogenated alkanes) is 3. The zero-order valence-corrected chi connectivity index (χ0v) is 22.7. The predicted octanol–water partition coefficient (Wildman–Crippen LogP) is 5.37. The molecule has 34 heavy (non-hydrogen) atoms. The second-order valence-corrected chi connectivity index (χ2v) is 12.7. The summed E-state index contributed by atoms with van der Waals surface area (Å²) in [5, 5.41) is 0. The SMILES string of the molecule is CCCCN(CCCCN(CCCC)S(=O)(=O)c1ccc(C)cc1)S(=O)(=O)c1ccc(C)cc1. The highest BCUT2D eigenvalue weighted by Gasteiger charge is 2.25. The van der Waals surface area contributed by atoms with Gasteiger partial charge in [-0.3, -0.25) is 0 Å². The van der Waals surface area contributed by atoms with Gasteiger partial charge in [-0.05, 0) is 63.8 Å². The summed E-state index contributed by atoms with van der Waals surface area (Å²) in [7, 11) is -7.16. The number of aryl methyl sites for hydroxylation is 2. The summed E-state index contributed by atoms with van der Waals surface area (Å²) in [5.41, 5.74) is 2.03. The average Bonchev–Trinajstić information content (AvgIpc) is 2.80. The Labute approximate surface area is 207 Å². The van der Waals surface area contributed by atoms with Crippen molar-refractivity contribution in [2.75, 3.05) is 26.2 Å². The zero-order valence-electron chi connectivity index (χ0n) is 21.0. The molecule has 0 aliphatic carbocycles. The molecule has 0 radical (unpaired) electrons. The van der Waals surface area contributed by atoms with Crippen molar-refractivity contribution in [3.63, 3.8) is 0 Å². The van der Waals surface area contributed by atoms with Crippen molar-refractivity contribution in [3.05, 3.63) is 59.7 Å². The maximum Gasteiger partial charge on any atom is 0.243 e. The van der Waals surface area contributed by atoms with Gasteiger partial charge in [-0.15, -0.1) is 0 Å². The second-order valence-electron chi connectivity index (χ2n) is 8.85. The van der Waals surface area contributed by atoms with Crippen LogP contribution in [-0.4, -0.2) is 51.6 Å². The third-order valence-electron chi connectivity index (χ3n) is 5.90. The van der Waals surface area contributed by atoms with Gasteiger partial charge in [0.2, 0.25) is 20.0 Å². The molecule has 0 amide bonds. The maximum atomic E-state index is 13.2. The number of nitrogens with zero attached hydrogens (tertiary/aromatic N) is 2. The lowest BCUT2D eigenvalue weighted by atomic mass is 10.2. The first-order valence-corrected chi connectivity index (χ1v) is 15.1. The molecular formula is C26H40N2O4S2. The van der Waals surface area contributed by atoms with E-state index in [1.54, 1.807) is 32.9 Å². The van der Waals surface area contributed by atoms with E-state index >= 15 is 0 Å². The van der Waals surface area contributed by atoms with E-state index in [0.29, 0.717) is 48.8 Å². The van der Waals surface area contributed by atoms with Crippen LogP contribution in [0.5, 0.6) is 0 Å². The van der Waals surface area contributed by atoms with Gasteiger partial charge in [0.05, 0.1) is 9.79 Å². The molecule has 0 atom stereocenters. The fourth-order valence-corrected chi connectivity index (χ4v) is 6.70. The number of rotatable bonds is 15. The Morgan fingerprint density at radius 2 is 0.824 bits per heavy atom. The van der Waals surface area contributed by atoms with Crippen molar-refractivity contribution in [1.29, 1.82) is 0 Å². The first kappa shape index (κ1) is 28.5. The second kappa shape index (κ2) is 13.4. The lowest BCUT2D eigenvalue weighted by molar-refractivity contribution is 0.361. The predicted molar refractivity (Wildman–Crippen MR) is 139 cm³/mol. The zero-order chi connectivity index (χ0) is 25.2. The average molecular weight is 509 g/mol. The summed E-state index contributed by atoms with van der Waals surface area (Å²) >= 11 is 0. The number of sulfonamides is 2. The topological polar surface area (TPSA) is 74.8 Å². The first-order valence-electron chi connectivity index (χ1n) is 12.3. The summed E-state index contributed by atoms with van der Waals surface area (Å²) in [6.07, 6.45) is 4.58. The lowest BCUT2D eigenvalue weighted by Gasteiger charge is -2.24. The van der Waals surface area contributed by atoms with Crippen LogP contribution >= 0.6 is 0 Å². The number of benzene rings is 2. The molecule has 2 rings (SSSR count). The van der Waals surface area contributed by atoms with Crippen LogP contribution in [0.25, 0.3) is 0 Å². The Balaban J connectivity index is 2.08. The Morgan fingerprint density at radius 1 is 0.529 bits per heavy atom. The van der Waals surface area contributed by atoms with E-state index in [-0.39, 0.29) is 0 Å². The molecule has 0 heterocycles. The molecule has 0 saturated heterocycles. The molecule has 0 spiro atoms. The molecule has 8 heteroatoms. The van der Waals surface area contributed by atoms with Crippen LogP contribution in [0, 0.1) is 13.8 Å². The molecule has 0 aliphatic rings. The fraction of sp³-hybridized carbons (Fsp3) is 0.538. The molecule has 0 saturated carbocycles. The third-order valence-corrected chi connectivity index (χ3v) is 9.73. The van der Waals surface area contributed by atoms with Crippen molar-refractivity contribution in [1.82, 2.24) is 8.61 Å². The van der Waals surface area contributed by atoms with Crippen LogP contribution in [0.3, 0.4) is 0 Å². The van der Waals surface area contributed by atoms with Gasteiger partial charge < -0.3 is 0 Å². The molecule has 0 aromatic heterocycles. The van der Waals surface area contributed by atoms with E-state index in [1.807, 2.05) is 52.0 Å². The summed E-state index contributed by atoms with van der Waals surface area (Å²) in [5.74, 6) is 0. The van der Waals surface area contributed by atoms with Gasteiger partial charge in [-0.25, -0.2) is 16.8 Å². The molecule has 6 nitrogen and oxygen atoms in total. The fourth-order valence-electron chi connectivity index (χ4n) is 3.67. The first-order chi connectivity index (χ1) is 16.1. The van der Waals surface area contributed by atoms with E-state index in [9.17, 15) is 16.8 Å². The molecular weight excluding hydrogens is 468 g/mol. The van der Waals surface area contributed by atoms with Crippen LogP contribution in [0.2, 0.25) is 0 Å². The van der Waals surface area contributed by atoms with Gasteiger partial charge in [0.1, 0.15) is 0 Å². The van der Waals surface area contributed by atoms with Crippen molar-refractivity contribution in [2.24, 2.45) is 0 Å². The molecule has 2 aromatic carbocycles. The maximum absolute atomic E-state index is 13.2. The third kappa shape index (κ3) is 7.90. The highest BCUT2D eigenvalue weighted by atomic mass is 32.2. The van der Waals surface area contributed by atoms with Gasteiger partial charge >= 0.3 is 0 Å². The van der Waals surface area contributed by atoms with E-state index in [2.05, 4.69) is 0 Å². The molecule has 0 fully saturated rings. The number of hydrogen-bond donors (Lipinski definition) is 0. The van der Waals surface area contributed by atoms with E-state index in [0.717, 1.165) is 36.8 Å². The van der Waals surface area contributed by atoms with Crippen LogP contribution in [0.1, 0.15) is 63.5 Å². The minimum atomic E-state index is -3.58. The Bertz CT molecular complexity index is 991. The van der Waals surface area contributed by atoms with Crippen molar-refractivity contribution < 1.29 is 16.8 Å². The highest BCUT2D eigenvalue weighted by Crippen LogP contribution is 2.20. The minimum absolute atomic E-state index is 0.306. The Hall–Kier alpha value is -1.74. The molecule has 0 unspecified atom stereocenters. The van der Waals surface area contributed by atoms with Crippen LogP contribution < -0.4 is 0 Å². The molecule has 0 aliphatic heterocycles. The molecule has 190 valence electrons. The van der Waals surface area contributed by atoms with Gasteiger partial charge in [0, 0.05) is 26.2 Å². The van der Waals surface area contributed by atoms with E-state index in [1.165, 1.54) is 0 Å². The molecule has 2 aromatic rings. The number of hydrogen-bond acceptors (Lipinski definition) is 4. The van der Waals surface area contributed by atoms with Crippen LogP contribution in [0.15, 0.2) is 58.3 Å². The van der Waals surface area contributed by atoms with E-state index < -0.39 is 20.0 Å². The summed E-state index contributed by atoms with van der Waals surface area (Å²) in [6.45, 7) is 9.63. The van der Waals surface area contributed by atoms with E-state index in [4.69, 9.17) is 0 Å². The summed E-state index contributed by atoms with van der Waals surface area (Å²) in [4.78, 5) is 0.612. The summed E-state index contributed by atoms with van der Waals surface area (Å²) < 4.78 is 55.9. The Kier molecular flexibility index (Phi) is 11.2. The van der Waals surface area contributed by atoms with Crippen molar-refractivity contribution in [2.45, 2.75) is 76.0 Å². The quantitative estimate of drug-likeness (QED) is 0.303. The highest BCUT2D eigenvalue weighted by molar-refractivity contribution is 7.89. The van der Waals surface area contributed by atoms with Gasteiger partial charge in [-0.1, -0.05) is 62.1 Å².